The number of ether oxygens (including phenoxy) is 1. The van der Waals surface area contributed by atoms with Gasteiger partial charge in [0.25, 0.3) is 5.91 Å². The first-order valence-corrected chi connectivity index (χ1v) is 7.92. The lowest BCUT2D eigenvalue weighted by molar-refractivity contribution is -0.127. The molecule has 2 aromatic rings. The summed E-state index contributed by atoms with van der Waals surface area (Å²) in [6.45, 7) is 1.63. The predicted molar refractivity (Wildman–Crippen MR) is 96.1 cm³/mol. The van der Waals surface area contributed by atoms with Crippen LogP contribution in [0.4, 0.5) is 0 Å². The van der Waals surface area contributed by atoms with Crippen molar-refractivity contribution < 1.29 is 9.53 Å². The van der Waals surface area contributed by atoms with Gasteiger partial charge < -0.3 is 4.74 Å². The molecule has 0 aliphatic heterocycles. The summed E-state index contributed by atoms with van der Waals surface area (Å²) >= 11 is 2.20. The number of hydrogen-bond donors (Lipinski definition) is 1. The van der Waals surface area contributed by atoms with E-state index >= 15 is 0 Å². The van der Waals surface area contributed by atoms with Crippen molar-refractivity contribution in [3.8, 4) is 11.8 Å². The second-order valence-corrected chi connectivity index (χ2v) is 5.81. The largest absolute Gasteiger partial charge is 0.481 e. The molecule has 0 radical (unpaired) electrons. The first-order valence-electron chi connectivity index (χ1n) is 6.84. The van der Waals surface area contributed by atoms with Gasteiger partial charge in [-0.1, -0.05) is 18.2 Å². The van der Waals surface area contributed by atoms with Crippen LogP contribution in [-0.2, 0) is 4.79 Å². The van der Waals surface area contributed by atoms with E-state index in [4.69, 9.17) is 10.00 Å². The third-order valence-electron chi connectivity index (χ3n) is 2.95. The van der Waals surface area contributed by atoms with Gasteiger partial charge in [-0.05, 0) is 59.8 Å². The average Bonchev–Trinajstić information content (AvgIpc) is 2.57. The summed E-state index contributed by atoms with van der Waals surface area (Å²) in [7, 11) is 0. The van der Waals surface area contributed by atoms with Gasteiger partial charge in [-0.15, -0.1) is 0 Å². The number of halogens is 1. The van der Waals surface area contributed by atoms with Crippen LogP contribution in [0.15, 0.2) is 53.6 Å². The number of carbonyl (C=O) groups excluding carboxylic acids is 1. The molecule has 1 N–H and O–H groups in total. The molecule has 5 nitrogen and oxygen atoms in total. The van der Waals surface area contributed by atoms with Crippen molar-refractivity contribution in [2.24, 2.45) is 5.10 Å². The van der Waals surface area contributed by atoms with Crippen molar-refractivity contribution in [3.05, 3.63) is 63.2 Å². The lowest BCUT2D eigenvalue weighted by atomic mass is 10.2. The SMILES string of the molecule is C[C@H](Oc1ccc(C#N)cc1)C(=O)N/N=C\c1ccccc1I. The standard InChI is InChI=1S/C17H14IN3O2/c1-12(23-15-8-6-13(10-19)7-9-15)17(22)21-20-11-14-4-2-3-5-16(14)18/h2-9,11-12H,1H3,(H,21,22)/b20-11-/t12-/m0/s1. The predicted octanol–water partition coefficient (Wildman–Crippen LogP) is 3.08. The summed E-state index contributed by atoms with van der Waals surface area (Å²) < 4.78 is 6.55. The number of nitrogens with one attached hydrogen (secondary N) is 1. The molecule has 0 aliphatic carbocycles. The van der Waals surface area contributed by atoms with Gasteiger partial charge in [-0.3, -0.25) is 4.79 Å². The van der Waals surface area contributed by atoms with E-state index in [1.807, 2.05) is 30.3 Å². The van der Waals surface area contributed by atoms with Crippen LogP contribution >= 0.6 is 22.6 Å². The summed E-state index contributed by atoms with van der Waals surface area (Å²) in [6, 6.07) is 16.3. The van der Waals surface area contributed by atoms with E-state index in [1.54, 1.807) is 37.4 Å². The highest BCUT2D eigenvalue weighted by atomic mass is 127. The third kappa shape index (κ3) is 5.07. The van der Waals surface area contributed by atoms with Crippen molar-refractivity contribution >= 4 is 34.7 Å². The lowest BCUT2D eigenvalue weighted by Crippen LogP contribution is -2.33. The molecule has 2 rings (SSSR count). The Morgan fingerprint density at radius 1 is 1.30 bits per heavy atom. The number of hydrogen-bond acceptors (Lipinski definition) is 4. The van der Waals surface area contributed by atoms with E-state index < -0.39 is 6.10 Å². The fourth-order valence-corrected chi connectivity index (χ4v) is 2.23. The summed E-state index contributed by atoms with van der Waals surface area (Å²) in [5, 5.41) is 12.7. The topological polar surface area (TPSA) is 74.5 Å². The number of amides is 1. The normalized spacial score (nSPS) is 11.7. The summed E-state index contributed by atoms with van der Waals surface area (Å²) in [6.07, 6.45) is 0.892. The number of hydrazone groups is 1. The van der Waals surface area contributed by atoms with Gasteiger partial charge in [-0.2, -0.15) is 10.4 Å². The minimum Gasteiger partial charge on any atom is -0.481 e. The fraction of sp³-hybridized carbons (Fsp3) is 0.118. The quantitative estimate of drug-likeness (QED) is 0.460. The number of rotatable bonds is 5. The maximum absolute atomic E-state index is 11.9. The van der Waals surface area contributed by atoms with E-state index in [1.165, 1.54) is 0 Å². The molecule has 0 saturated carbocycles. The zero-order chi connectivity index (χ0) is 16.7. The summed E-state index contributed by atoms with van der Waals surface area (Å²) in [4.78, 5) is 11.9. The maximum atomic E-state index is 11.9. The van der Waals surface area contributed by atoms with Crippen molar-refractivity contribution in [1.29, 1.82) is 5.26 Å². The van der Waals surface area contributed by atoms with Gasteiger partial charge in [0.2, 0.25) is 0 Å². The second-order valence-electron chi connectivity index (χ2n) is 4.65. The molecule has 1 amide bonds. The molecule has 2 aromatic carbocycles. The van der Waals surface area contributed by atoms with E-state index in [0.717, 1.165) is 9.13 Å². The third-order valence-corrected chi connectivity index (χ3v) is 3.93. The number of benzene rings is 2. The van der Waals surface area contributed by atoms with E-state index in [-0.39, 0.29) is 5.91 Å². The van der Waals surface area contributed by atoms with Gasteiger partial charge in [0.1, 0.15) is 5.75 Å². The van der Waals surface area contributed by atoms with Crippen LogP contribution < -0.4 is 10.2 Å². The molecular formula is C17H14IN3O2. The fourth-order valence-electron chi connectivity index (χ4n) is 1.70. The van der Waals surface area contributed by atoms with Gasteiger partial charge in [-0.25, -0.2) is 5.43 Å². The highest BCUT2D eigenvalue weighted by molar-refractivity contribution is 14.1. The molecule has 0 aliphatic rings. The molecule has 0 saturated heterocycles. The molecule has 116 valence electrons. The molecule has 0 fully saturated rings. The molecule has 0 heterocycles. The van der Waals surface area contributed by atoms with Crippen molar-refractivity contribution in [2.75, 3.05) is 0 Å². The van der Waals surface area contributed by atoms with Crippen LogP contribution in [0, 0.1) is 14.9 Å². The van der Waals surface area contributed by atoms with Crippen LogP contribution in [0.1, 0.15) is 18.1 Å². The van der Waals surface area contributed by atoms with Crippen molar-refractivity contribution in [1.82, 2.24) is 5.43 Å². The van der Waals surface area contributed by atoms with Crippen molar-refractivity contribution in [2.45, 2.75) is 13.0 Å². The Hall–Kier alpha value is -2.40. The Bertz CT molecular complexity index is 751. The Labute approximate surface area is 148 Å². The summed E-state index contributed by atoms with van der Waals surface area (Å²) in [5.41, 5.74) is 3.91. The molecule has 1 atom stereocenters. The van der Waals surface area contributed by atoms with Gasteiger partial charge in [0.05, 0.1) is 17.8 Å². The zero-order valence-electron chi connectivity index (χ0n) is 12.4. The Balaban J connectivity index is 1.89. The average molecular weight is 419 g/mol. The smallest absolute Gasteiger partial charge is 0.280 e. The maximum Gasteiger partial charge on any atom is 0.280 e. The first kappa shape index (κ1) is 17.0. The molecule has 0 spiro atoms. The molecule has 23 heavy (non-hydrogen) atoms. The number of carbonyl (C=O) groups is 1. The monoisotopic (exact) mass is 419 g/mol. The summed E-state index contributed by atoms with van der Waals surface area (Å²) in [5.74, 6) is 0.171. The first-order chi connectivity index (χ1) is 11.1. The van der Waals surface area contributed by atoms with E-state index in [0.29, 0.717) is 11.3 Å². The minimum absolute atomic E-state index is 0.350. The lowest BCUT2D eigenvalue weighted by Gasteiger charge is -2.12. The number of nitrogens with zero attached hydrogens (tertiary/aromatic N) is 2. The Morgan fingerprint density at radius 2 is 2.00 bits per heavy atom. The van der Waals surface area contributed by atoms with Crippen LogP contribution in [0.25, 0.3) is 0 Å². The van der Waals surface area contributed by atoms with Gasteiger partial charge in [0.15, 0.2) is 6.10 Å². The van der Waals surface area contributed by atoms with Crippen LogP contribution in [0.3, 0.4) is 0 Å². The Kier molecular flexibility index (Phi) is 6.11. The number of nitriles is 1. The van der Waals surface area contributed by atoms with Gasteiger partial charge >= 0.3 is 0 Å². The molecule has 6 heteroatoms. The minimum atomic E-state index is -0.699. The zero-order valence-corrected chi connectivity index (χ0v) is 14.5. The molecule has 0 aromatic heterocycles. The molecule has 0 bridgehead atoms. The van der Waals surface area contributed by atoms with Gasteiger partial charge in [0, 0.05) is 9.13 Å². The highest BCUT2D eigenvalue weighted by Crippen LogP contribution is 2.13. The van der Waals surface area contributed by atoms with Crippen LogP contribution in [-0.4, -0.2) is 18.2 Å². The van der Waals surface area contributed by atoms with Crippen molar-refractivity contribution in [3.63, 3.8) is 0 Å². The highest BCUT2D eigenvalue weighted by Gasteiger charge is 2.13. The van der Waals surface area contributed by atoms with Crippen LogP contribution in [0.5, 0.6) is 5.75 Å². The Morgan fingerprint density at radius 3 is 2.65 bits per heavy atom. The van der Waals surface area contributed by atoms with E-state index in [2.05, 4.69) is 33.1 Å². The van der Waals surface area contributed by atoms with E-state index in [9.17, 15) is 4.79 Å². The second kappa shape index (κ2) is 8.29. The molecular weight excluding hydrogens is 405 g/mol. The molecule has 0 unspecified atom stereocenters. The van der Waals surface area contributed by atoms with Crippen LogP contribution in [0.2, 0.25) is 0 Å².